The molecule has 0 saturated heterocycles. The maximum atomic E-state index is 12.6. The molecular formula is C19H22N4O. The fourth-order valence-corrected chi connectivity index (χ4v) is 3.22. The number of nitrogens with zero attached hydrogens (tertiary/aromatic N) is 4. The topological polar surface area (TPSA) is 52.2 Å². The normalized spacial score (nSPS) is 11.9. The Hall–Kier alpha value is -2.69. The van der Waals surface area contributed by atoms with E-state index in [9.17, 15) is 4.79 Å². The minimum Gasteiger partial charge on any atom is -0.346 e. The molecule has 1 aromatic carbocycles. The highest BCUT2D eigenvalue weighted by Gasteiger charge is 2.11. The Bertz CT molecular complexity index is 993. The zero-order valence-electron chi connectivity index (χ0n) is 14.7. The molecule has 2 aromatic heterocycles. The van der Waals surface area contributed by atoms with Crippen LogP contribution in [-0.2, 0) is 0 Å². The number of fused-ring (bicyclic) bond motifs is 1. The van der Waals surface area contributed by atoms with Crippen LogP contribution in [0.2, 0.25) is 0 Å². The van der Waals surface area contributed by atoms with Gasteiger partial charge in [-0.2, -0.15) is 9.78 Å². The molecule has 0 unspecified atom stereocenters. The molecule has 24 heavy (non-hydrogen) atoms. The monoisotopic (exact) mass is 322 g/mol. The standard InChI is InChI=1S/C19H22N4O/c1-12(2)22-13(3)10-16(14(22)4)11-20-23-15(5)21-18-9-7-6-8-17(18)19(23)24/h6-12H,1-5H3/b20-11-. The summed E-state index contributed by atoms with van der Waals surface area (Å²) in [7, 11) is 0. The van der Waals surface area contributed by atoms with E-state index in [1.807, 2.05) is 18.2 Å². The van der Waals surface area contributed by atoms with Crippen molar-refractivity contribution in [3.05, 3.63) is 63.5 Å². The third-order valence-corrected chi connectivity index (χ3v) is 4.27. The molecule has 3 aromatic rings. The molecular weight excluding hydrogens is 300 g/mol. The lowest BCUT2D eigenvalue weighted by molar-refractivity contribution is 0.574. The summed E-state index contributed by atoms with van der Waals surface area (Å²) in [4.78, 5) is 17.1. The van der Waals surface area contributed by atoms with Crippen molar-refractivity contribution in [2.45, 2.75) is 40.7 Å². The predicted molar refractivity (Wildman–Crippen MR) is 98.0 cm³/mol. The van der Waals surface area contributed by atoms with Crippen LogP contribution < -0.4 is 5.56 Å². The fraction of sp³-hybridized carbons (Fsp3) is 0.316. The van der Waals surface area contributed by atoms with E-state index in [0.29, 0.717) is 22.8 Å². The number of hydrogen-bond acceptors (Lipinski definition) is 3. The molecule has 0 amide bonds. The second kappa shape index (κ2) is 6.07. The van der Waals surface area contributed by atoms with Crippen molar-refractivity contribution in [3.8, 4) is 0 Å². The lowest BCUT2D eigenvalue weighted by Crippen LogP contribution is -2.20. The predicted octanol–water partition coefficient (Wildman–Crippen LogP) is 3.59. The number of rotatable bonds is 3. The first-order chi connectivity index (χ1) is 11.4. The van der Waals surface area contributed by atoms with Gasteiger partial charge in [0.1, 0.15) is 5.82 Å². The second-order valence-corrected chi connectivity index (χ2v) is 6.33. The molecule has 0 N–H and O–H groups in total. The van der Waals surface area contributed by atoms with Crippen molar-refractivity contribution < 1.29 is 0 Å². The van der Waals surface area contributed by atoms with Gasteiger partial charge in [0.15, 0.2) is 0 Å². The van der Waals surface area contributed by atoms with Crippen LogP contribution in [0.1, 0.15) is 42.7 Å². The summed E-state index contributed by atoms with van der Waals surface area (Å²) < 4.78 is 3.62. The first-order valence-corrected chi connectivity index (χ1v) is 8.11. The molecule has 0 spiro atoms. The van der Waals surface area contributed by atoms with Gasteiger partial charge in [-0.05, 0) is 52.8 Å². The molecule has 124 valence electrons. The number of aryl methyl sites for hydroxylation is 2. The van der Waals surface area contributed by atoms with E-state index in [1.54, 1.807) is 19.2 Å². The average Bonchev–Trinajstić information content (AvgIpc) is 2.81. The van der Waals surface area contributed by atoms with Crippen LogP contribution in [0.3, 0.4) is 0 Å². The summed E-state index contributed by atoms with van der Waals surface area (Å²) in [6, 6.07) is 9.81. The average molecular weight is 322 g/mol. The van der Waals surface area contributed by atoms with E-state index in [4.69, 9.17) is 0 Å². The minimum atomic E-state index is -0.146. The molecule has 0 atom stereocenters. The molecule has 0 aliphatic carbocycles. The maximum Gasteiger partial charge on any atom is 0.282 e. The van der Waals surface area contributed by atoms with Crippen molar-refractivity contribution in [1.82, 2.24) is 14.2 Å². The molecule has 0 bridgehead atoms. The molecule has 0 radical (unpaired) electrons. The lowest BCUT2D eigenvalue weighted by atomic mass is 10.2. The summed E-state index contributed by atoms with van der Waals surface area (Å²) in [6.07, 6.45) is 1.74. The van der Waals surface area contributed by atoms with Crippen molar-refractivity contribution in [3.63, 3.8) is 0 Å². The highest BCUT2D eigenvalue weighted by molar-refractivity contribution is 5.82. The summed E-state index contributed by atoms with van der Waals surface area (Å²) in [5.41, 5.74) is 3.90. The van der Waals surface area contributed by atoms with Gasteiger partial charge >= 0.3 is 0 Å². The van der Waals surface area contributed by atoms with Crippen LogP contribution in [-0.4, -0.2) is 20.4 Å². The molecule has 2 heterocycles. The van der Waals surface area contributed by atoms with E-state index in [1.165, 1.54) is 10.4 Å². The molecule has 3 rings (SSSR count). The fourth-order valence-electron chi connectivity index (χ4n) is 3.22. The van der Waals surface area contributed by atoms with Gasteiger partial charge in [0.2, 0.25) is 0 Å². The second-order valence-electron chi connectivity index (χ2n) is 6.33. The van der Waals surface area contributed by atoms with Gasteiger partial charge in [-0.3, -0.25) is 4.79 Å². The molecule has 0 saturated carbocycles. The smallest absolute Gasteiger partial charge is 0.282 e. The quantitative estimate of drug-likeness (QED) is 0.692. The summed E-state index contributed by atoms with van der Waals surface area (Å²) in [6.45, 7) is 10.3. The van der Waals surface area contributed by atoms with Gasteiger partial charge in [0, 0.05) is 23.0 Å². The van der Waals surface area contributed by atoms with Gasteiger partial charge in [-0.25, -0.2) is 4.98 Å². The van der Waals surface area contributed by atoms with Gasteiger partial charge in [-0.1, -0.05) is 12.1 Å². The van der Waals surface area contributed by atoms with Crippen LogP contribution in [0.4, 0.5) is 0 Å². The van der Waals surface area contributed by atoms with Gasteiger partial charge in [0.25, 0.3) is 5.56 Å². The zero-order valence-corrected chi connectivity index (χ0v) is 14.7. The van der Waals surface area contributed by atoms with E-state index < -0.39 is 0 Å². The first kappa shape index (κ1) is 16.2. The van der Waals surface area contributed by atoms with E-state index in [0.717, 1.165) is 11.3 Å². The molecule has 0 aliphatic rings. The van der Waals surface area contributed by atoms with Crippen molar-refractivity contribution >= 4 is 17.1 Å². The third kappa shape index (κ3) is 2.66. The lowest BCUT2D eigenvalue weighted by Gasteiger charge is -2.13. The van der Waals surface area contributed by atoms with E-state index >= 15 is 0 Å². The van der Waals surface area contributed by atoms with Crippen molar-refractivity contribution in [1.29, 1.82) is 0 Å². The number of aromatic nitrogens is 3. The largest absolute Gasteiger partial charge is 0.346 e. The number of benzene rings is 1. The maximum absolute atomic E-state index is 12.6. The van der Waals surface area contributed by atoms with Crippen molar-refractivity contribution in [2.75, 3.05) is 0 Å². The Labute approximate surface area is 141 Å². The van der Waals surface area contributed by atoms with Crippen LogP contribution >= 0.6 is 0 Å². The van der Waals surface area contributed by atoms with Gasteiger partial charge < -0.3 is 4.57 Å². The van der Waals surface area contributed by atoms with Crippen molar-refractivity contribution in [2.24, 2.45) is 5.10 Å². The molecule has 0 aliphatic heterocycles. The summed E-state index contributed by atoms with van der Waals surface area (Å²) >= 11 is 0. The van der Waals surface area contributed by atoms with E-state index in [-0.39, 0.29) is 5.56 Å². The SMILES string of the molecule is Cc1cc(/C=N\n2c(C)nc3ccccc3c2=O)c(C)n1C(C)C. The Kier molecular flexibility index (Phi) is 4.09. The molecule has 5 nitrogen and oxygen atoms in total. The van der Waals surface area contributed by atoms with Crippen LogP contribution in [0.5, 0.6) is 0 Å². The summed E-state index contributed by atoms with van der Waals surface area (Å²) in [5, 5.41) is 4.98. The van der Waals surface area contributed by atoms with E-state index in [2.05, 4.69) is 48.4 Å². The van der Waals surface area contributed by atoms with Crippen LogP contribution in [0.15, 0.2) is 40.2 Å². The van der Waals surface area contributed by atoms with Gasteiger partial charge in [-0.15, -0.1) is 0 Å². The molecule has 0 fully saturated rings. The summed E-state index contributed by atoms with van der Waals surface area (Å²) in [5.74, 6) is 0.576. The Balaban J connectivity index is 2.09. The van der Waals surface area contributed by atoms with Crippen LogP contribution in [0, 0.1) is 20.8 Å². The van der Waals surface area contributed by atoms with Gasteiger partial charge in [0.05, 0.1) is 17.1 Å². The highest BCUT2D eigenvalue weighted by atomic mass is 16.1. The zero-order chi connectivity index (χ0) is 17.4. The molecule has 5 heteroatoms. The Morgan fingerprint density at radius 3 is 2.54 bits per heavy atom. The number of para-hydroxylation sites is 1. The minimum absolute atomic E-state index is 0.146. The Morgan fingerprint density at radius 1 is 1.17 bits per heavy atom. The Morgan fingerprint density at radius 2 is 1.88 bits per heavy atom. The first-order valence-electron chi connectivity index (χ1n) is 8.11. The third-order valence-electron chi connectivity index (χ3n) is 4.27. The highest BCUT2D eigenvalue weighted by Crippen LogP contribution is 2.18. The number of hydrogen-bond donors (Lipinski definition) is 0. The van der Waals surface area contributed by atoms with Crippen LogP contribution in [0.25, 0.3) is 10.9 Å².